The fourth-order valence-electron chi connectivity index (χ4n) is 2.73. The van der Waals surface area contributed by atoms with Crippen molar-refractivity contribution in [3.63, 3.8) is 0 Å². The topological polar surface area (TPSA) is 78.9 Å². The Hall–Kier alpha value is -2.44. The van der Waals surface area contributed by atoms with Crippen LogP contribution >= 0.6 is 0 Å². The molecule has 0 aromatic heterocycles. The largest absolute Gasteiger partial charge is 0.465 e. The summed E-state index contributed by atoms with van der Waals surface area (Å²) in [5.41, 5.74) is -2.06. The second-order valence-corrected chi connectivity index (χ2v) is 7.42. The van der Waals surface area contributed by atoms with Crippen LogP contribution in [0.4, 0.5) is 4.39 Å². The Morgan fingerprint density at radius 2 is 1.57 bits per heavy atom. The lowest BCUT2D eigenvalue weighted by Gasteiger charge is -2.30. The maximum atomic E-state index is 13.5. The molecule has 0 N–H and O–H groups in total. The van der Waals surface area contributed by atoms with Crippen LogP contribution in [0.3, 0.4) is 0 Å². The minimum absolute atomic E-state index is 0.0360. The van der Waals surface area contributed by atoms with E-state index in [1.165, 1.54) is 18.2 Å². The molecule has 0 radical (unpaired) electrons. The van der Waals surface area contributed by atoms with Gasteiger partial charge in [-0.25, -0.2) is 4.39 Å². The molecule has 7 heteroatoms. The monoisotopic (exact) mass is 396 g/mol. The predicted octanol–water partition coefficient (Wildman–Crippen LogP) is 3.60. The van der Waals surface area contributed by atoms with Gasteiger partial charge in [0.2, 0.25) is 0 Å². The lowest BCUT2D eigenvalue weighted by Crippen LogP contribution is -2.45. The van der Waals surface area contributed by atoms with Crippen LogP contribution < -0.4 is 0 Å². The summed E-state index contributed by atoms with van der Waals surface area (Å²) in [7, 11) is 0. The van der Waals surface area contributed by atoms with Gasteiger partial charge in [-0.1, -0.05) is 12.1 Å². The molecule has 0 amide bonds. The third-order valence-corrected chi connectivity index (χ3v) is 3.93. The van der Waals surface area contributed by atoms with E-state index in [1.54, 1.807) is 40.7 Å². The molecule has 1 aromatic carbocycles. The van der Waals surface area contributed by atoms with Gasteiger partial charge >= 0.3 is 17.9 Å². The Kier molecular flexibility index (Phi) is 8.60. The predicted molar refractivity (Wildman–Crippen MR) is 101 cm³/mol. The molecular weight excluding hydrogens is 367 g/mol. The maximum Gasteiger partial charge on any atom is 0.324 e. The number of esters is 3. The Morgan fingerprint density at radius 3 is 2.04 bits per heavy atom. The van der Waals surface area contributed by atoms with E-state index in [-0.39, 0.29) is 26.1 Å². The number of hydrogen-bond acceptors (Lipinski definition) is 6. The number of aryl methyl sites for hydroxylation is 1. The molecule has 156 valence electrons. The minimum atomic E-state index is -1.86. The molecule has 0 saturated carbocycles. The Bertz CT molecular complexity index is 674. The highest BCUT2D eigenvalue weighted by atomic mass is 19.1. The van der Waals surface area contributed by atoms with E-state index in [0.717, 1.165) is 0 Å². The molecule has 0 saturated heterocycles. The van der Waals surface area contributed by atoms with Crippen LogP contribution in [0.25, 0.3) is 0 Å². The van der Waals surface area contributed by atoms with Gasteiger partial charge in [0.25, 0.3) is 0 Å². The van der Waals surface area contributed by atoms with Gasteiger partial charge in [-0.05, 0) is 65.2 Å². The third-order valence-electron chi connectivity index (χ3n) is 3.93. The normalized spacial score (nSPS) is 11.6. The van der Waals surface area contributed by atoms with Gasteiger partial charge in [-0.15, -0.1) is 0 Å². The first-order valence-electron chi connectivity index (χ1n) is 9.34. The summed E-state index contributed by atoms with van der Waals surface area (Å²) in [6.45, 7) is 8.35. The van der Waals surface area contributed by atoms with E-state index in [4.69, 9.17) is 14.2 Å². The van der Waals surface area contributed by atoms with E-state index in [0.29, 0.717) is 5.56 Å². The fraction of sp³-hybridized carbons (Fsp3) is 0.571. The average molecular weight is 396 g/mol. The first kappa shape index (κ1) is 23.6. The highest BCUT2D eigenvalue weighted by Crippen LogP contribution is 2.34. The molecule has 0 fully saturated rings. The van der Waals surface area contributed by atoms with Crippen LogP contribution in [0.5, 0.6) is 0 Å². The van der Waals surface area contributed by atoms with Crippen LogP contribution in [0.1, 0.15) is 53.0 Å². The summed E-state index contributed by atoms with van der Waals surface area (Å²) in [4.78, 5) is 38.0. The summed E-state index contributed by atoms with van der Waals surface area (Å²) < 4.78 is 29.0. The molecule has 0 aliphatic heterocycles. The summed E-state index contributed by atoms with van der Waals surface area (Å²) in [5.74, 6) is -2.85. The number of carbonyl (C=O) groups excluding carboxylic acids is 3. The zero-order chi connectivity index (χ0) is 21.4. The lowest BCUT2D eigenvalue weighted by atomic mass is 9.78. The molecule has 6 nitrogen and oxygen atoms in total. The Labute approximate surface area is 165 Å². The minimum Gasteiger partial charge on any atom is -0.465 e. The van der Waals surface area contributed by atoms with Crippen molar-refractivity contribution in [1.82, 2.24) is 0 Å². The lowest BCUT2D eigenvalue weighted by molar-refractivity contribution is -0.180. The molecule has 0 bridgehead atoms. The third kappa shape index (κ3) is 6.94. The molecule has 0 spiro atoms. The smallest absolute Gasteiger partial charge is 0.324 e. The molecule has 0 heterocycles. The number of hydrogen-bond donors (Lipinski definition) is 0. The van der Waals surface area contributed by atoms with Crippen molar-refractivity contribution in [1.29, 1.82) is 0 Å². The number of benzene rings is 1. The van der Waals surface area contributed by atoms with Gasteiger partial charge in [-0.3, -0.25) is 14.4 Å². The number of carbonyl (C=O) groups is 3. The van der Waals surface area contributed by atoms with Gasteiger partial charge < -0.3 is 14.2 Å². The molecule has 0 unspecified atom stereocenters. The molecule has 0 atom stereocenters. The van der Waals surface area contributed by atoms with Crippen molar-refractivity contribution in [2.24, 2.45) is 5.41 Å². The van der Waals surface area contributed by atoms with E-state index in [9.17, 15) is 18.8 Å². The second-order valence-electron chi connectivity index (χ2n) is 7.42. The first-order chi connectivity index (χ1) is 13.0. The first-order valence-corrected chi connectivity index (χ1v) is 9.34. The molecule has 1 aromatic rings. The molecule has 0 aliphatic rings. The van der Waals surface area contributed by atoms with Crippen molar-refractivity contribution in [3.8, 4) is 0 Å². The van der Waals surface area contributed by atoms with Crippen molar-refractivity contribution >= 4 is 17.9 Å². The van der Waals surface area contributed by atoms with Crippen molar-refractivity contribution in [3.05, 3.63) is 35.6 Å². The fourth-order valence-corrected chi connectivity index (χ4v) is 2.73. The number of ether oxygens (including phenoxy) is 3. The van der Waals surface area contributed by atoms with Crippen molar-refractivity contribution < 1.29 is 33.0 Å². The van der Waals surface area contributed by atoms with Crippen LogP contribution in [0.2, 0.25) is 0 Å². The van der Waals surface area contributed by atoms with E-state index >= 15 is 0 Å². The SMILES string of the molecule is CCOC(=O)C(CCc1cccc(F)c1)(CC(=O)OC(C)(C)C)C(=O)OCC. The highest BCUT2D eigenvalue weighted by molar-refractivity contribution is 6.03. The van der Waals surface area contributed by atoms with Gasteiger partial charge in [0.15, 0.2) is 5.41 Å². The number of halogens is 1. The molecule has 1 rings (SSSR count). The highest BCUT2D eigenvalue weighted by Gasteiger charge is 2.51. The summed E-state index contributed by atoms with van der Waals surface area (Å²) >= 11 is 0. The van der Waals surface area contributed by atoms with E-state index in [1.807, 2.05) is 0 Å². The zero-order valence-corrected chi connectivity index (χ0v) is 17.2. The van der Waals surface area contributed by atoms with E-state index in [2.05, 4.69) is 0 Å². The Morgan fingerprint density at radius 1 is 1.00 bits per heavy atom. The molecule has 28 heavy (non-hydrogen) atoms. The van der Waals surface area contributed by atoms with Gasteiger partial charge in [0.1, 0.15) is 11.4 Å². The number of rotatable bonds is 9. The van der Waals surface area contributed by atoms with Crippen molar-refractivity contribution in [2.45, 2.75) is 59.5 Å². The van der Waals surface area contributed by atoms with Crippen LogP contribution in [-0.2, 0) is 35.0 Å². The van der Waals surface area contributed by atoms with Gasteiger partial charge in [-0.2, -0.15) is 0 Å². The summed E-state index contributed by atoms with van der Waals surface area (Å²) in [6.07, 6.45) is -0.414. The average Bonchev–Trinajstić information content (AvgIpc) is 2.57. The van der Waals surface area contributed by atoms with Gasteiger partial charge in [0.05, 0.1) is 19.6 Å². The van der Waals surface area contributed by atoms with Crippen LogP contribution in [0.15, 0.2) is 24.3 Å². The van der Waals surface area contributed by atoms with Gasteiger partial charge in [0, 0.05) is 0 Å². The standard InChI is InChI=1S/C21H29FO6/c1-6-26-18(24)21(19(25)27-7-2,14-17(23)28-20(3,4)5)12-11-15-9-8-10-16(22)13-15/h8-10,13H,6-7,11-12,14H2,1-5H3. The zero-order valence-electron chi connectivity index (χ0n) is 17.2. The second kappa shape index (κ2) is 10.2. The molecular formula is C21H29FO6. The van der Waals surface area contributed by atoms with Crippen molar-refractivity contribution in [2.75, 3.05) is 13.2 Å². The van der Waals surface area contributed by atoms with Crippen LogP contribution in [0, 0.1) is 11.2 Å². The summed E-state index contributed by atoms with van der Waals surface area (Å²) in [6, 6.07) is 5.83. The quantitative estimate of drug-likeness (QED) is 0.360. The maximum absolute atomic E-state index is 13.5. The van der Waals surface area contributed by atoms with Crippen LogP contribution in [-0.4, -0.2) is 36.7 Å². The molecule has 0 aliphatic carbocycles. The van der Waals surface area contributed by atoms with E-state index < -0.39 is 41.2 Å². The summed E-state index contributed by atoms with van der Waals surface area (Å²) in [5, 5.41) is 0. The Balaban J connectivity index is 3.23.